The number of hydrogen-bond donors (Lipinski definition) is 2. The van der Waals surface area contributed by atoms with Gasteiger partial charge in [-0.05, 0) is 67.5 Å². The van der Waals surface area contributed by atoms with E-state index in [1.807, 2.05) is 6.07 Å². The third kappa shape index (κ3) is 4.61. The number of rotatable bonds is 7. The van der Waals surface area contributed by atoms with Crippen LogP contribution >= 0.6 is 0 Å². The van der Waals surface area contributed by atoms with Crippen molar-refractivity contribution in [3.63, 3.8) is 0 Å². The molecule has 0 saturated carbocycles. The summed E-state index contributed by atoms with van der Waals surface area (Å²) in [5.41, 5.74) is 8.37. The van der Waals surface area contributed by atoms with Crippen LogP contribution in [-0.4, -0.2) is 23.5 Å². The van der Waals surface area contributed by atoms with Crippen molar-refractivity contribution in [3.8, 4) is 11.5 Å². The summed E-state index contributed by atoms with van der Waals surface area (Å²) < 4.78 is 5.90. The van der Waals surface area contributed by atoms with Crippen molar-refractivity contribution in [2.24, 2.45) is 11.7 Å². The van der Waals surface area contributed by atoms with Crippen molar-refractivity contribution in [2.45, 2.75) is 45.6 Å². The first kappa shape index (κ1) is 18.4. The Hall–Kier alpha value is -2.40. The Bertz CT molecular complexity index is 774. The number of aromatic nitrogens is 1. The van der Waals surface area contributed by atoms with Gasteiger partial charge in [-0.3, -0.25) is 9.78 Å². The molecule has 0 spiro atoms. The lowest BCUT2D eigenvalue weighted by molar-refractivity contribution is 0.0997. The second-order valence-electron chi connectivity index (χ2n) is 7.35. The van der Waals surface area contributed by atoms with Crippen LogP contribution in [0.4, 0.5) is 0 Å². The lowest BCUT2D eigenvalue weighted by atomic mass is 9.88. The molecule has 1 aliphatic rings. The van der Waals surface area contributed by atoms with E-state index in [0.717, 1.165) is 37.5 Å². The number of nitrogens with zero attached hydrogens (tertiary/aromatic N) is 1. The van der Waals surface area contributed by atoms with Crippen molar-refractivity contribution in [3.05, 3.63) is 53.3 Å². The molecule has 1 unspecified atom stereocenters. The van der Waals surface area contributed by atoms with Gasteiger partial charge in [0.25, 0.3) is 5.91 Å². The normalized spacial score (nSPS) is 16.3. The van der Waals surface area contributed by atoms with E-state index in [-0.39, 0.29) is 0 Å². The van der Waals surface area contributed by atoms with Crippen LogP contribution in [0.25, 0.3) is 0 Å². The highest BCUT2D eigenvalue weighted by molar-refractivity contribution is 5.95. The summed E-state index contributed by atoms with van der Waals surface area (Å²) in [7, 11) is 0. The number of amides is 1. The number of nitrogens with one attached hydrogen (secondary N) is 1. The highest BCUT2D eigenvalue weighted by atomic mass is 16.5. The Morgan fingerprint density at radius 1 is 1.35 bits per heavy atom. The van der Waals surface area contributed by atoms with Gasteiger partial charge in [-0.1, -0.05) is 19.9 Å². The minimum atomic E-state index is -0.540. The third-order valence-corrected chi connectivity index (χ3v) is 4.84. The fourth-order valence-electron chi connectivity index (χ4n) is 3.33. The monoisotopic (exact) mass is 353 g/mol. The van der Waals surface area contributed by atoms with Crippen molar-refractivity contribution in [1.82, 2.24) is 10.3 Å². The topological polar surface area (TPSA) is 77.2 Å². The largest absolute Gasteiger partial charge is 0.456 e. The Balaban J connectivity index is 1.67. The first-order valence-corrected chi connectivity index (χ1v) is 9.29. The summed E-state index contributed by atoms with van der Waals surface area (Å²) in [6.45, 7) is 5.59. The molecule has 3 rings (SSSR count). The lowest BCUT2D eigenvalue weighted by Crippen LogP contribution is -2.35. The highest BCUT2D eigenvalue weighted by Crippen LogP contribution is 2.29. The standard InChI is InChI=1S/C21H27N3O2/c1-14(2)7-10-24-17-5-3-16-12-18(6-4-15(16)11-17)26-20-8-9-23-13-19(20)21(22)25/h4,6,8-9,12-14,17,24H,3,5,7,10-11H2,1-2H3,(H2,22,25). The summed E-state index contributed by atoms with van der Waals surface area (Å²) in [6, 6.07) is 8.38. The average Bonchev–Trinajstić information content (AvgIpc) is 2.62. The van der Waals surface area contributed by atoms with E-state index in [1.54, 1.807) is 12.3 Å². The Labute approximate surface area is 155 Å². The number of primary amides is 1. The van der Waals surface area contributed by atoms with Gasteiger partial charge in [0.05, 0.1) is 0 Å². The molecule has 26 heavy (non-hydrogen) atoms. The fraction of sp³-hybridized carbons (Fsp3) is 0.429. The SMILES string of the molecule is CC(C)CCNC1CCc2cc(Oc3ccncc3C(N)=O)ccc2C1. The lowest BCUT2D eigenvalue weighted by Gasteiger charge is -2.26. The minimum Gasteiger partial charge on any atom is -0.456 e. The van der Waals surface area contributed by atoms with E-state index in [0.29, 0.717) is 17.4 Å². The minimum absolute atomic E-state index is 0.291. The highest BCUT2D eigenvalue weighted by Gasteiger charge is 2.19. The number of carbonyl (C=O) groups excluding carboxylic acids is 1. The van der Waals surface area contributed by atoms with Gasteiger partial charge in [-0.25, -0.2) is 0 Å². The van der Waals surface area contributed by atoms with E-state index in [4.69, 9.17) is 10.5 Å². The van der Waals surface area contributed by atoms with Crippen LogP contribution in [0.3, 0.4) is 0 Å². The van der Waals surface area contributed by atoms with Gasteiger partial charge >= 0.3 is 0 Å². The predicted octanol–water partition coefficient (Wildman–Crippen LogP) is 3.47. The van der Waals surface area contributed by atoms with Crippen LogP contribution in [0.2, 0.25) is 0 Å². The molecule has 138 valence electrons. The van der Waals surface area contributed by atoms with Gasteiger partial charge in [0.2, 0.25) is 0 Å². The number of fused-ring (bicyclic) bond motifs is 1. The number of benzene rings is 1. The van der Waals surface area contributed by atoms with Crippen LogP contribution in [0.1, 0.15) is 48.2 Å². The molecule has 2 aromatic rings. The summed E-state index contributed by atoms with van der Waals surface area (Å²) >= 11 is 0. The molecule has 1 aromatic heterocycles. The molecule has 0 fully saturated rings. The zero-order chi connectivity index (χ0) is 18.5. The molecule has 1 heterocycles. The number of hydrogen-bond acceptors (Lipinski definition) is 4. The molecular formula is C21H27N3O2. The Morgan fingerprint density at radius 2 is 2.19 bits per heavy atom. The fourth-order valence-corrected chi connectivity index (χ4v) is 3.33. The van der Waals surface area contributed by atoms with Crippen molar-refractivity contribution in [1.29, 1.82) is 0 Å². The van der Waals surface area contributed by atoms with Crippen LogP contribution in [0.15, 0.2) is 36.7 Å². The molecule has 3 N–H and O–H groups in total. The molecule has 1 aromatic carbocycles. The van der Waals surface area contributed by atoms with Crippen LogP contribution in [-0.2, 0) is 12.8 Å². The van der Waals surface area contributed by atoms with E-state index < -0.39 is 5.91 Å². The second-order valence-corrected chi connectivity index (χ2v) is 7.35. The molecule has 1 aliphatic carbocycles. The maximum absolute atomic E-state index is 11.5. The van der Waals surface area contributed by atoms with Crippen LogP contribution < -0.4 is 15.8 Å². The second kappa shape index (κ2) is 8.32. The smallest absolute Gasteiger partial charge is 0.254 e. The van der Waals surface area contributed by atoms with Gasteiger partial charge < -0.3 is 15.8 Å². The van der Waals surface area contributed by atoms with E-state index >= 15 is 0 Å². The summed E-state index contributed by atoms with van der Waals surface area (Å²) in [5, 5.41) is 3.68. The average molecular weight is 353 g/mol. The van der Waals surface area contributed by atoms with Crippen molar-refractivity contribution >= 4 is 5.91 Å². The van der Waals surface area contributed by atoms with Crippen LogP contribution in [0.5, 0.6) is 11.5 Å². The molecule has 5 nitrogen and oxygen atoms in total. The number of pyridine rings is 1. The van der Waals surface area contributed by atoms with Crippen molar-refractivity contribution < 1.29 is 9.53 Å². The third-order valence-electron chi connectivity index (χ3n) is 4.84. The van der Waals surface area contributed by atoms with Gasteiger partial charge in [-0.15, -0.1) is 0 Å². The molecule has 5 heteroatoms. The van der Waals surface area contributed by atoms with Gasteiger partial charge in [-0.2, -0.15) is 0 Å². The van der Waals surface area contributed by atoms with E-state index in [9.17, 15) is 4.79 Å². The quantitative estimate of drug-likeness (QED) is 0.799. The molecule has 0 radical (unpaired) electrons. The maximum Gasteiger partial charge on any atom is 0.254 e. The van der Waals surface area contributed by atoms with E-state index in [1.165, 1.54) is 23.7 Å². The van der Waals surface area contributed by atoms with Gasteiger partial charge in [0.15, 0.2) is 0 Å². The summed E-state index contributed by atoms with van der Waals surface area (Å²) in [4.78, 5) is 15.4. The first-order valence-electron chi connectivity index (χ1n) is 9.29. The zero-order valence-electron chi connectivity index (χ0n) is 15.5. The van der Waals surface area contributed by atoms with Gasteiger partial charge in [0, 0.05) is 18.4 Å². The molecule has 0 bridgehead atoms. The molecule has 1 atom stereocenters. The predicted molar refractivity (Wildman–Crippen MR) is 103 cm³/mol. The van der Waals surface area contributed by atoms with E-state index in [2.05, 4.69) is 36.3 Å². The molecular weight excluding hydrogens is 326 g/mol. The molecule has 0 saturated heterocycles. The maximum atomic E-state index is 11.5. The Morgan fingerprint density at radius 3 is 2.96 bits per heavy atom. The van der Waals surface area contributed by atoms with Crippen molar-refractivity contribution in [2.75, 3.05) is 6.54 Å². The number of aryl methyl sites for hydroxylation is 1. The van der Waals surface area contributed by atoms with Crippen LogP contribution in [0, 0.1) is 5.92 Å². The number of ether oxygens (including phenoxy) is 1. The summed E-state index contributed by atoms with van der Waals surface area (Å²) in [6.07, 6.45) is 7.46. The zero-order valence-corrected chi connectivity index (χ0v) is 15.5. The number of carbonyl (C=O) groups is 1. The molecule has 0 aliphatic heterocycles. The number of nitrogens with two attached hydrogens (primary N) is 1. The first-order chi connectivity index (χ1) is 12.5. The molecule has 1 amide bonds. The summed E-state index contributed by atoms with van der Waals surface area (Å²) in [5.74, 6) is 1.36. The van der Waals surface area contributed by atoms with Gasteiger partial charge in [0.1, 0.15) is 17.1 Å². The Kier molecular flexibility index (Phi) is 5.89.